The molecular formula is C18H19N3O. The normalized spacial score (nSPS) is 10.0. The molecule has 3 N–H and O–H groups in total. The van der Waals surface area contributed by atoms with E-state index in [1.165, 1.54) is 0 Å². The van der Waals surface area contributed by atoms with Gasteiger partial charge < -0.3 is 11.1 Å². The van der Waals surface area contributed by atoms with Gasteiger partial charge in [-0.3, -0.25) is 4.79 Å². The second-order valence-corrected chi connectivity index (χ2v) is 5.40. The van der Waals surface area contributed by atoms with Gasteiger partial charge in [0, 0.05) is 29.1 Å². The van der Waals surface area contributed by atoms with Crippen LogP contribution < -0.4 is 11.1 Å². The van der Waals surface area contributed by atoms with E-state index in [0.29, 0.717) is 11.4 Å². The molecule has 4 nitrogen and oxygen atoms in total. The average molecular weight is 293 g/mol. The zero-order valence-corrected chi connectivity index (χ0v) is 13.0. The molecule has 0 atom stereocenters. The van der Waals surface area contributed by atoms with E-state index in [1.807, 2.05) is 39.0 Å². The van der Waals surface area contributed by atoms with Gasteiger partial charge in [0.25, 0.3) is 0 Å². The zero-order chi connectivity index (χ0) is 16.1. The maximum atomic E-state index is 11.7. The maximum absolute atomic E-state index is 11.7. The highest BCUT2D eigenvalue weighted by atomic mass is 16.1. The van der Waals surface area contributed by atoms with E-state index >= 15 is 0 Å². The van der Waals surface area contributed by atoms with Gasteiger partial charge in [0.15, 0.2) is 0 Å². The van der Waals surface area contributed by atoms with E-state index in [-0.39, 0.29) is 11.8 Å². The standard InChI is InChI=1S/C18H19N3O/c1-12(2)18(22)21-16-8-9-20-15(11-16)6-4-14-5-7-17(19)13(3)10-14/h5,7-12H,19H2,1-3H3,(H,20,21,22). The lowest BCUT2D eigenvalue weighted by atomic mass is 10.1. The second kappa shape index (κ2) is 6.77. The molecule has 0 unspecified atom stereocenters. The van der Waals surface area contributed by atoms with E-state index in [1.54, 1.807) is 18.3 Å². The Morgan fingerprint density at radius 2 is 2.00 bits per heavy atom. The quantitative estimate of drug-likeness (QED) is 0.660. The van der Waals surface area contributed by atoms with Gasteiger partial charge in [0.1, 0.15) is 5.69 Å². The molecule has 1 heterocycles. The number of nitrogens with two attached hydrogens (primary N) is 1. The first-order chi connectivity index (χ1) is 10.5. The van der Waals surface area contributed by atoms with Crippen LogP contribution in [0.15, 0.2) is 36.5 Å². The molecule has 0 fully saturated rings. The fraction of sp³-hybridized carbons (Fsp3) is 0.222. The van der Waals surface area contributed by atoms with Crippen LogP contribution in [0.25, 0.3) is 0 Å². The molecule has 0 bridgehead atoms. The molecule has 0 aliphatic heterocycles. The molecule has 1 aromatic heterocycles. The smallest absolute Gasteiger partial charge is 0.226 e. The Morgan fingerprint density at radius 3 is 2.68 bits per heavy atom. The number of nitrogens with one attached hydrogen (secondary N) is 1. The monoisotopic (exact) mass is 293 g/mol. The summed E-state index contributed by atoms with van der Waals surface area (Å²) in [6.45, 7) is 5.64. The number of aryl methyl sites for hydroxylation is 1. The number of carbonyl (C=O) groups is 1. The number of rotatable bonds is 2. The summed E-state index contributed by atoms with van der Waals surface area (Å²) in [7, 11) is 0. The molecule has 0 spiro atoms. The maximum Gasteiger partial charge on any atom is 0.226 e. The first-order valence-corrected chi connectivity index (χ1v) is 7.11. The number of nitrogen functional groups attached to an aromatic ring is 1. The van der Waals surface area contributed by atoms with Crippen molar-refractivity contribution < 1.29 is 4.79 Å². The van der Waals surface area contributed by atoms with Crippen LogP contribution in [0.1, 0.15) is 30.7 Å². The van der Waals surface area contributed by atoms with Crippen molar-refractivity contribution in [3.8, 4) is 11.8 Å². The molecule has 2 aromatic rings. The Bertz CT molecular complexity index is 754. The summed E-state index contributed by atoms with van der Waals surface area (Å²) in [5, 5.41) is 2.83. The molecule has 22 heavy (non-hydrogen) atoms. The number of aromatic nitrogens is 1. The molecular weight excluding hydrogens is 274 g/mol. The minimum absolute atomic E-state index is 0.0285. The SMILES string of the molecule is Cc1cc(C#Cc2cc(NC(=O)C(C)C)ccn2)ccc1N. The molecule has 0 aliphatic carbocycles. The summed E-state index contributed by atoms with van der Waals surface area (Å²) in [4.78, 5) is 15.9. The van der Waals surface area contributed by atoms with Crippen molar-refractivity contribution in [1.82, 2.24) is 4.98 Å². The third-order valence-electron chi connectivity index (χ3n) is 3.16. The lowest BCUT2D eigenvalue weighted by Gasteiger charge is -2.07. The lowest BCUT2D eigenvalue weighted by molar-refractivity contribution is -0.118. The van der Waals surface area contributed by atoms with Crippen LogP contribution in [0.3, 0.4) is 0 Å². The number of hydrogen-bond acceptors (Lipinski definition) is 3. The number of anilines is 2. The fourth-order valence-electron chi connectivity index (χ4n) is 1.75. The Labute approximate surface area is 130 Å². The van der Waals surface area contributed by atoms with Crippen molar-refractivity contribution in [3.05, 3.63) is 53.3 Å². The molecule has 0 radical (unpaired) electrons. The Balaban J connectivity index is 2.19. The van der Waals surface area contributed by atoms with Crippen LogP contribution in [0.5, 0.6) is 0 Å². The molecule has 0 aliphatic rings. The molecule has 112 valence electrons. The van der Waals surface area contributed by atoms with Crippen LogP contribution in [0.4, 0.5) is 11.4 Å². The van der Waals surface area contributed by atoms with Crippen LogP contribution in [0.2, 0.25) is 0 Å². The number of amides is 1. The third-order valence-corrected chi connectivity index (χ3v) is 3.16. The average Bonchev–Trinajstić information content (AvgIpc) is 2.49. The summed E-state index contributed by atoms with van der Waals surface area (Å²) in [6, 6.07) is 9.16. The van der Waals surface area contributed by atoms with Crippen molar-refractivity contribution in [2.75, 3.05) is 11.1 Å². The third kappa shape index (κ3) is 4.10. The topological polar surface area (TPSA) is 68.0 Å². The van der Waals surface area contributed by atoms with Crippen molar-refractivity contribution in [2.24, 2.45) is 5.92 Å². The van der Waals surface area contributed by atoms with Crippen molar-refractivity contribution in [1.29, 1.82) is 0 Å². The molecule has 1 amide bonds. The number of carbonyl (C=O) groups excluding carboxylic acids is 1. The van der Waals surface area contributed by atoms with Crippen molar-refractivity contribution in [3.63, 3.8) is 0 Å². The molecule has 1 aromatic carbocycles. The van der Waals surface area contributed by atoms with E-state index in [4.69, 9.17) is 5.73 Å². The van der Waals surface area contributed by atoms with Gasteiger partial charge in [-0.05, 0) is 48.7 Å². The van der Waals surface area contributed by atoms with Gasteiger partial charge in [-0.15, -0.1) is 0 Å². The number of pyridine rings is 1. The van der Waals surface area contributed by atoms with Gasteiger partial charge in [-0.1, -0.05) is 19.8 Å². The second-order valence-electron chi connectivity index (χ2n) is 5.40. The van der Waals surface area contributed by atoms with E-state index in [9.17, 15) is 4.79 Å². The van der Waals surface area contributed by atoms with Gasteiger partial charge in [-0.25, -0.2) is 4.98 Å². The molecule has 4 heteroatoms. The number of nitrogens with zero attached hydrogens (tertiary/aromatic N) is 1. The van der Waals surface area contributed by atoms with E-state index in [2.05, 4.69) is 22.1 Å². The Hall–Kier alpha value is -2.80. The molecule has 2 rings (SSSR count). The highest BCUT2D eigenvalue weighted by molar-refractivity contribution is 5.92. The predicted octanol–water partition coefficient (Wildman–Crippen LogP) is 2.97. The van der Waals surface area contributed by atoms with Crippen molar-refractivity contribution in [2.45, 2.75) is 20.8 Å². The molecule has 0 saturated heterocycles. The highest BCUT2D eigenvalue weighted by Gasteiger charge is 2.07. The molecule has 0 saturated carbocycles. The zero-order valence-electron chi connectivity index (χ0n) is 13.0. The van der Waals surface area contributed by atoms with Crippen LogP contribution in [0, 0.1) is 24.7 Å². The predicted molar refractivity (Wildman–Crippen MR) is 89.3 cm³/mol. The van der Waals surface area contributed by atoms with Crippen LogP contribution in [-0.4, -0.2) is 10.9 Å². The first kappa shape index (κ1) is 15.6. The minimum atomic E-state index is -0.0690. The Kier molecular flexibility index (Phi) is 4.80. The van der Waals surface area contributed by atoms with Gasteiger partial charge in [-0.2, -0.15) is 0 Å². The van der Waals surface area contributed by atoms with Crippen LogP contribution >= 0.6 is 0 Å². The summed E-state index contributed by atoms with van der Waals surface area (Å²) in [6.07, 6.45) is 1.63. The van der Waals surface area contributed by atoms with Gasteiger partial charge >= 0.3 is 0 Å². The van der Waals surface area contributed by atoms with E-state index < -0.39 is 0 Å². The van der Waals surface area contributed by atoms with Crippen LogP contribution in [-0.2, 0) is 4.79 Å². The van der Waals surface area contributed by atoms with Gasteiger partial charge in [0.2, 0.25) is 5.91 Å². The largest absolute Gasteiger partial charge is 0.399 e. The summed E-state index contributed by atoms with van der Waals surface area (Å²) >= 11 is 0. The lowest BCUT2D eigenvalue weighted by Crippen LogP contribution is -2.17. The summed E-state index contributed by atoms with van der Waals surface area (Å²) in [5.74, 6) is 5.95. The number of hydrogen-bond donors (Lipinski definition) is 2. The highest BCUT2D eigenvalue weighted by Crippen LogP contribution is 2.12. The summed E-state index contributed by atoms with van der Waals surface area (Å²) < 4.78 is 0. The Morgan fingerprint density at radius 1 is 1.23 bits per heavy atom. The van der Waals surface area contributed by atoms with Crippen molar-refractivity contribution >= 4 is 17.3 Å². The first-order valence-electron chi connectivity index (χ1n) is 7.11. The minimum Gasteiger partial charge on any atom is -0.399 e. The summed E-state index contributed by atoms with van der Waals surface area (Å²) in [5.41, 5.74) is 9.72. The van der Waals surface area contributed by atoms with E-state index in [0.717, 1.165) is 16.8 Å². The van der Waals surface area contributed by atoms with Gasteiger partial charge in [0.05, 0.1) is 0 Å². The number of benzene rings is 1. The fourth-order valence-corrected chi connectivity index (χ4v) is 1.75.